The number of rotatable bonds is 2. The summed E-state index contributed by atoms with van der Waals surface area (Å²) in [6.07, 6.45) is 6.08. The fraction of sp³-hybridized carbons (Fsp3) is 0.500. The van der Waals surface area contributed by atoms with Crippen molar-refractivity contribution >= 4 is 11.8 Å². The molecule has 2 N–H and O–H groups in total. The second-order valence-electron chi connectivity index (χ2n) is 5.40. The normalized spacial score (nSPS) is 16.9. The van der Waals surface area contributed by atoms with Crippen molar-refractivity contribution in [1.29, 1.82) is 0 Å². The van der Waals surface area contributed by atoms with E-state index in [1.165, 1.54) is 29.1 Å². The Kier molecular flexibility index (Phi) is 2.61. The van der Waals surface area contributed by atoms with E-state index in [2.05, 4.69) is 20.2 Å². The lowest BCUT2D eigenvalue weighted by molar-refractivity contribution is 0.687. The highest BCUT2D eigenvalue weighted by Crippen LogP contribution is 2.29. The van der Waals surface area contributed by atoms with E-state index in [-0.39, 0.29) is 0 Å². The summed E-state index contributed by atoms with van der Waals surface area (Å²) in [5.41, 5.74) is 4.88. The minimum absolute atomic E-state index is 0.817. The molecule has 6 heteroatoms. The van der Waals surface area contributed by atoms with Crippen LogP contribution in [-0.4, -0.2) is 33.5 Å². The molecule has 0 saturated carbocycles. The van der Waals surface area contributed by atoms with Gasteiger partial charge in [0.05, 0.1) is 30.0 Å². The van der Waals surface area contributed by atoms with Crippen LogP contribution in [0.3, 0.4) is 0 Å². The maximum atomic E-state index is 4.78. The van der Waals surface area contributed by atoms with Gasteiger partial charge in [-0.2, -0.15) is 4.98 Å². The predicted octanol–water partition coefficient (Wildman–Crippen LogP) is 1.29. The summed E-state index contributed by atoms with van der Waals surface area (Å²) in [5, 5.41) is 3.22. The van der Waals surface area contributed by atoms with Gasteiger partial charge in [-0.3, -0.25) is 0 Å². The van der Waals surface area contributed by atoms with Gasteiger partial charge in [0.25, 0.3) is 0 Å². The van der Waals surface area contributed by atoms with Crippen molar-refractivity contribution in [3.05, 3.63) is 29.0 Å². The lowest BCUT2D eigenvalue weighted by Gasteiger charge is -2.27. The minimum Gasteiger partial charge on any atom is -0.373 e. The summed E-state index contributed by atoms with van der Waals surface area (Å²) in [6.45, 7) is 1.75. The van der Waals surface area contributed by atoms with Crippen molar-refractivity contribution in [3.8, 4) is 0 Å². The van der Waals surface area contributed by atoms with Gasteiger partial charge in [-0.15, -0.1) is 0 Å². The topological polar surface area (TPSA) is 69.7 Å². The zero-order chi connectivity index (χ0) is 13.5. The Bertz CT molecular complexity index is 647. The minimum atomic E-state index is 0.817. The SMILES string of the molecule is CNc1nc(N2CCc3nc[nH]c3C2)nc2c1CCC2. The number of aromatic amines is 1. The smallest absolute Gasteiger partial charge is 0.227 e. The molecule has 0 aromatic carbocycles. The first-order valence-corrected chi connectivity index (χ1v) is 7.19. The van der Waals surface area contributed by atoms with Crippen LogP contribution in [0.1, 0.15) is 29.1 Å². The van der Waals surface area contributed by atoms with Crippen molar-refractivity contribution in [2.45, 2.75) is 32.2 Å². The number of nitrogens with zero attached hydrogens (tertiary/aromatic N) is 4. The maximum Gasteiger partial charge on any atom is 0.227 e. The van der Waals surface area contributed by atoms with Crippen LogP contribution in [-0.2, 0) is 25.8 Å². The van der Waals surface area contributed by atoms with Crippen LogP contribution < -0.4 is 10.2 Å². The molecule has 0 saturated heterocycles. The van der Waals surface area contributed by atoms with E-state index in [9.17, 15) is 0 Å². The molecule has 0 atom stereocenters. The Morgan fingerprint density at radius 2 is 2.15 bits per heavy atom. The molecule has 2 aromatic heterocycles. The van der Waals surface area contributed by atoms with Gasteiger partial charge in [-0.1, -0.05) is 0 Å². The second-order valence-corrected chi connectivity index (χ2v) is 5.40. The van der Waals surface area contributed by atoms with Crippen LogP contribution in [0.2, 0.25) is 0 Å². The lowest BCUT2D eigenvalue weighted by atomic mass is 10.1. The van der Waals surface area contributed by atoms with Crippen molar-refractivity contribution in [3.63, 3.8) is 0 Å². The fourth-order valence-corrected chi connectivity index (χ4v) is 3.15. The monoisotopic (exact) mass is 270 g/mol. The van der Waals surface area contributed by atoms with Crippen LogP contribution in [0.5, 0.6) is 0 Å². The van der Waals surface area contributed by atoms with Crippen LogP contribution in [0.25, 0.3) is 0 Å². The maximum absolute atomic E-state index is 4.78. The average Bonchev–Trinajstić information content (AvgIpc) is 3.13. The molecule has 0 unspecified atom stereocenters. The van der Waals surface area contributed by atoms with E-state index in [4.69, 9.17) is 9.97 Å². The van der Waals surface area contributed by atoms with Crippen molar-refractivity contribution < 1.29 is 0 Å². The van der Waals surface area contributed by atoms with Crippen LogP contribution >= 0.6 is 0 Å². The Morgan fingerprint density at radius 1 is 1.20 bits per heavy atom. The molecule has 0 fully saturated rings. The largest absolute Gasteiger partial charge is 0.373 e. The fourth-order valence-electron chi connectivity index (χ4n) is 3.15. The Balaban J connectivity index is 1.70. The molecule has 6 nitrogen and oxygen atoms in total. The first-order chi connectivity index (χ1) is 9.85. The van der Waals surface area contributed by atoms with E-state index >= 15 is 0 Å². The number of nitrogens with one attached hydrogen (secondary N) is 2. The van der Waals surface area contributed by atoms with Gasteiger partial charge < -0.3 is 15.2 Å². The molecule has 104 valence electrons. The number of hydrogen-bond acceptors (Lipinski definition) is 5. The highest BCUT2D eigenvalue weighted by molar-refractivity contribution is 5.53. The summed E-state index contributed by atoms with van der Waals surface area (Å²) < 4.78 is 0. The molecule has 0 bridgehead atoms. The molecule has 0 radical (unpaired) electrons. The van der Waals surface area contributed by atoms with Crippen LogP contribution in [0.15, 0.2) is 6.33 Å². The van der Waals surface area contributed by atoms with E-state index < -0.39 is 0 Å². The molecular weight excluding hydrogens is 252 g/mol. The van der Waals surface area contributed by atoms with Crippen LogP contribution in [0, 0.1) is 0 Å². The molecule has 0 spiro atoms. The van der Waals surface area contributed by atoms with Crippen LogP contribution in [0.4, 0.5) is 11.8 Å². The summed E-state index contributed by atoms with van der Waals surface area (Å²) in [4.78, 5) is 19.3. The number of aromatic nitrogens is 4. The highest BCUT2D eigenvalue weighted by atomic mass is 15.3. The van der Waals surface area contributed by atoms with Gasteiger partial charge >= 0.3 is 0 Å². The molecule has 0 amide bonds. The number of H-pyrrole nitrogens is 1. The quantitative estimate of drug-likeness (QED) is 0.860. The van der Waals surface area contributed by atoms with Gasteiger partial charge in [0.1, 0.15) is 5.82 Å². The first kappa shape index (κ1) is 11.7. The molecule has 1 aliphatic heterocycles. The summed E-state index contributed by atoms with van der Waals surface area (Å²) >= 11 is 0. The third-order valence-electron chi connectivity index (χ3n) is 4.22. The van der Waals surface area contributed by atoms with Gasteiger partial charge in [0, 0.05) is 25.6 Å². The molecule has 1 aliphatic carbocycles. The van der Waals surface area contributed by atoms with Gasteiger partial charge in [-0.25, -0.2) is 9.97 Å². The molecule has 2 aromatic rings. The van der Waals surface area contributed by atoms with Gasteiger partial charge in [0.2, 0.25) is 5.95 Å². The average molecular weight is 270 g/mol. The third kappa shape index (κ3) is 1.75. The standard InChI is InChI=1S/C14H18N6/c1-15-13-9-3-2-4-10(9)18-14(19-13)20-6-5-11-12(7-20)17-8-16-11/h8H,2-7H2,1H3,(H,16,17)(H,15,18,19). The Morgan fingerprint density at radius 3 is 3.05 bits per heavy atom. The highest BCUT2D eigenvalue weighted by Gasteiger charge is 2.24. The zero-order valence-electron chi connectivity index (χ0n) is 11.6. The number of fused-ring (bicyclic) bond motifs is 2. The number of imidazole rings is 1. The Hall–Kier alpha value is -2.11. The van der Waals surface area contributed by atoms with Crippen molar-refractivity contribution in [2.75, 3.05) is 23.8 Å². The zero-order valence-corrected chi connectivity index (χ0v) is 11.6. The molecule has 2 aliphatic rings. The number of hydrogen-bond donors (Lipinski definition) is 2. The lowest BCUT2D eigenvalue weighted by Crippen LogP contribution is -2.32. The summed E-state index contributed by atoms with van der Waals surface area (Å²) in [6, 6.07) is 0. The number of anilines is 2. The predicted molar refractivity (Wildman–Crippen MR) is 76.9 cm³/mol. The molecule has 3 heterocycles. The second kappa shape index (κ2) is 4.47. The third-order valence-corrected chi connectivity index (χ3v) is 4.22. The first-order valence-electron chi connectivity index (χ1n) is 7.19. The van der Waals surface area contributed by atoms with E-state index in [1.807, 2.05) is 7.05 Å². The number of aryl methyl sites for hydroxylation is 1. The van der Waals surface area contributed by atoms with E-state index in [0.29, 0.717) is 0 Å². The Labute approximate surface area is 117 Å². The molecule has 4 rings (SSSR count). The van der Waals surface area contributed by atoms with E-state index in [0.717, 1.165) is 44.1 Å². The van der Waals surface area contributed by atoms with E-state index in [1.54, 1.807) is 6.33 Å². The summed E-state index contributed by atoms with van der Waals surface area (Å²) in [5.74, 6) is 1.84. The molecular formula is C14H18N6. The van der Waals surface area contributed by atoms with Crippen molar-refractivity contribution in [1.82, 2.24) is 19.9 Å². The van der Waals surface area contributed by atoms with Gasteiger partial charge in [0.15, 0.2) is 0 Å². The van der Waals surface area contributed by atoms with Gasteiger partial charge in [-0.05, 0) is 19.3 Å². The molecule has 20 heavy (non-hydrogen) atoms. The van der Waals surface area contributed by atoms with Crippen molar-refractivity contribution in [2.24, 2.45) is 0 Å². The summed E-state index contributed by atoms with van der Waals surface area (Å²) in [7, 11) is 1.94.